The van der Waals surface area contributed by atoms with Gasteiger partial charge in [-0.15, -0.1) is 0 Å². The fraction of sp³-hybridized carbons (Fsp3) is 0.458. The molecule has 2 aliphatic rings. The number of ether oxygens (including phenoxy) is 2. The summed E-state index contributed by atoms with van der Waals surface area (Å²) in [6.45, 7) is -0.661. The van der Waals surface area contributed by atoms with Crippen molar-refractivity contribution in [2.24, 2.45) is 0 Å². The van der Waals surface area contributed by atoms with Crippen LogP contribution in [0.5, 0.6) is 5.75 Å². The second kappa shape index (κ2) is 9.16. The van der Waals surface area contributed by atoms with E-state index in [1.54, 1.807) is 0 Å². The van der Waals surface area contributed by atoms with Gasteiger partial charge in [0.05, 0.1) is 24.3 Å². The molecule has 1 aliphatic heterocycles. The van der Waals surface area contributed by atoms with Crippen LogP contribution in [0, 0.1) is 11.3 Å². The maximum Gasteiger partial charge on any atom is 0.222 e. The van der Waals surface area contributed by atoms with E-state index in [-0.39, 0.29) is 11.7 Å². The van der Waals surface area contributed by atoms with E-state index in [9.17, 15) is 30.8 Å². The number of benzene rings is 2. The number of hydrogen-bond donors (Lipinski definition) is 5. The second-order valence-electron chi connectivity index (χ2n) is 8.44. The fourth-order valence-electron chi connectivity index (χ4n) is 4.05. The maximum absolute atomic E-state index is 11.1. The molecule has 8 nitrogen and oxygen atoms in total. The van der Waals surface area contributed by atoms with Gasteiger partial charge in [0.1, 0.15) is 30.2 Å². The Balaban J connectivity index is 1.59. The van der Waals surface area contributed by atoms with Crippen LogP contribution < -0.4 is 4.74 Å². The average Bonchev–Trinajstić information content (AvgIpc) is 2.78. The number of hydrogen-bond acceptors (Lipinski definition) is 8. The van der Waals surface area contributed by atoms with E-state index in [1.807, 2.05) is 24.3 Å². The number of rotatable bonds is 6. The Kier molecular flexibility index (Phi) is 6.49. The summed E-state index contributed by atoms with van der Waals surface area (Å²) in [6.07, 6.45) is -2.45. The van der Waals surface area contributed by atoms with Gasteiger partial charge < -0.3 is 35.0 Å². The first kappa shape index (κ1) is 22.7. The lowest BCUT2D eigenvalue weighted by atomic mass is 9.86. The first-order valence-electron chi connectivity index (χ1n) is 10.7. The molecule has 0 aromatic heterocycles. The van der Waals surface area contributed by atoms with Gasteiger partial charge >= 0.3 is 0 Å². The van der Waals surface area contributed by atoms with E-state index in [2.05, 4.69) is 6.07 Å². The van der Waals surface area contributed by atoms with Gasteiger partial charge in [-0.2, -0.15) is 5.26 Å². The molecule has 32 heavy (non-hydrogen) atoms. The molecular formula is C24H27NO7. The summed E-state index contributed by atoms with van der Waals surface area (Å²) in [5.41, 5.74) is 1.99. The average molecular weight is 441 g/mol. The molecule has 0 amide bonds. The normalized spacial score (nSPS) is 30.4. The van der Waals surface area contributed by atoms with Gasteiger partial charge in [-0.25, -0.2) is 0 Å². The van der Waals surface area contributed by atoms with E-state index in [0.29, 0.717) is 17.5 Å². The Labute approximate surface area is 185 Å². The second-order valence-corrected chi connectivity index (χ2v) is 8.44. The summed E-state index contributed by atoms with van der Waals surface area (Å²) in [5.74, 6) is -1.57. The van der Waals surface area contributed by atoms with Crippen LogP contribution in [0.25, 0.3) is 0 Å². The Morgan fingerprint density at radius 3 is 2.38 bits per heavy atom. The number of aliphatic hydroxyl groups is 5. The summed E-state index contributed by atoms with van der Waals surface area (Å²) < 4.78 is 11.3. The molecule has 2 fully saturated rings. The zero-order valence-corrected chi connectivity index (χ0v) is 17.5. The molecule has 4 rings (SSSR count). The van der Waals surface area contributed by atoms with Gasteiger partial charge in [-0.05, 0) is 61.1 Å². The highest BCUT2D eigenvalue weighted by Crippen LogP contribution is 2.37. The highest BCUT2D eigenvalue weighted by Gasteiger charge is 2.53. The zero-order valence-electron chi connectivity index (χ0n) is 17.5. The number of nitrogens with zero attached hydrogens (tertiary/aromatic N) is 1. The smallest absolute Gasteiger partial charge is 0.222 e. The monoisotopic (exact) mass is 441 g/mol. The van der Waals surface area contributed by atoms with E-state index in [0.717, 1.165) is 24.2 Å². The van der Waals surface area contributed by atoms with Crippen LogP contribution in [-0.2, 0) is 16.9 Å². The van der Waals surface area contributed by atoms with Crippen LogP contribution in [0.15, 0.2) is 42.5 Å². The number of aliphatic hydroxyl groups excluding tert-OH is 4. The summed E-state index contributed by atoms with van der Waals surface area (Å²) in [4.78, 5) is 0. The highest BCUT2D eigenvalue weighted by molar-refractivity contribution is 5.45. The van der Waals surface area contributed by atoms with Gasteiger partial charge in [0, 0.05) is 5.56 Å². The van der Waals surface area contributed by atoms with Crippen LogP contribution >= 0.6 is 0 Å². The van der Waals surface area contributed by atoms with Crippen LogP contribution in [0.2, 0.25) is 0 Å². The molecule has 0 unspecified atom stereocenters. The lowest BCUT2D eigenvalue weighted by molar-refractivity contribution is -0.357. The SMILES string of the molecule is N#Cc1ccc([C@@]2(O)O[C@H](CO)[C@@H](O)[C@H](O)[C@H]2O)cc1Cc1ccc(OC2CCC2)cc1. The minimum atomic E-state index is -2.37. The largest absolute Gasteiger partial charge is 0.490 e. The van der Waals surface area contributed by atoms with Gasteiger partial charge in [-0.3, -0.25) is 0 Å². The highest BCUT2D eigenvalue weighted by atomic mass is 16.7. The van der Waals surface area contributed by atoms with Gasteiger partial charge in [0.2, 0.25) is 5.79 Å². The van der Waals surface area contributed by atoms with Crippen LogP contribution in [0.4, 0.5) is 0 Å². The molecule has 170 valence electrons. The predicted molar refractivity (Wildman–Crippen MR) is 113 cm³/mol. The van der Waals surface area contributed by atoms with Gasteiger partial charge in [0.15, 0.2) is 0 Å². The molecule has 0 bridgehead atoms. The predicted octanol–water partition coefficient (Wildman–Crippen LogP) is 0.699. The summed E-state index contributed by atoms with van der Waals surface area (Å²) >= 11 is 0. The minimum absolute atomic E-state index is 0.105. The van der Waals surface area contributed by atoms with E-state index >= 15 is 0 Å². The van der Waals surface area contributed by atoms with E-state index in [1.165, 1.54) is 24.6 Å². The molecule has 1 saturated carbocycles. The molecule has 0 radical (unpaired) electrons. The summed E-state index contributed by atoms with van der Waals surface area (Å²) in [6, 6.07) is 14.1. The molecule has 8 heteroatoms. The van der Waals surface area contributed by atoms with Crippen molar-refractivity contribution in [3.05, 3.63) is 64.7 Å². The molecule has 1 saturated heterocycles. The van der Waals surface area contributed by atoms with Crippen molar-refractivity contribution in [2.45, 2.75) is 62.0 Å². The summed E-state index contributed by atoms with van der Waals surface area (Å²) in [7, 11) is 0. The number of nitriles is 1. The van der Waals surface area contributed by atoms with Crippen molar-refractivity contribution in [1.29, 1.82) is 5.26 Å². The van der Waals surface area contributed by atoms with Crippen LogP contribution in [-0.4, -0.2) is 62.7 Å². The van der Waals surface area contributed by atoms with Crippen LogP contribution in [0.3, 0.4) is 0 Å². The molecular weight excluding hydrogens is 414 g/mol. The minimum Gasteiger partial charge on any atom is -0.490 e. The van der Waals surface area contributed by atoms with Crippen molar-refractivity contribution in [3.8, 4) is 11.8 Å². The van der Waals surface area contributed by atoms with Gasteiger partial charge in [-0.1, -0.05) is 18.2 Å². The topological polar surface area (TPSA) is 143 Å². The molecule has 2 aromatic rings. The third-order valence-corrected chi connectivity index (χ3v) is 6.28. The molecule has 5 atom stereocenters. The Bertz CT molecular complexity index is 983. The maximum atomic E-state index is 11.1. The fourth-order valence-corrected chi connectivity index (χ4v) is 4.05. The molecule has 0 spiro atoms. The summed E-state index contributed by atoms with van der Waals surface area (Å²) in [5, 5.41) is 60.5. The zero-order chi connectivity index (χ0) is 22.9. The first-order valence-corrected chi connectivity index (χ1v) is 10.7. The van der Waals surface area contributed by atoms with E-state index in [4.69, 9.17) is 9.47 Å². The standard InChI is InChI=1S/C24H27NO7/c25-12-15-6-7-17(24(30)23(29)22(28)21(27)20(13-26)32-24)11-16(15)10-14-4-8-19(9-5-14)31-18-2-1-3-18/h4-9,11,18,20-23,26-30H,1-3,10,13H2/t20-,21-,22+,23-,24-/m1/s1. The van der Waals surface area contributed by atoms with Crippen LogP contribution in [0.1, 0.15) is 41.5 Å². The van der Waals surface area contributed by atoms with Gasteiger partial charge in [0.25, 0.3) is 0 Å². The third kappa shape index (κ3) is 4.24. The lowest BCUT2D eigenvalue weighted by Crippen LogP contribution is -2.63. The van der Waals surface area contributed by atoms with Crippen molar-refractivity contribution >= 4 is 0 Å². The van der Waals surface area contributed by atoms with Crippen molar-refractivity contribution in [2.75, 3.05) is 6.61 Å². The van der Waals surface area contributed by atoms with Crippen molar-refractivity contribution in [1.82, 2.24) is 0 Å². The molecule has 5 N–H and O–H groups in total. The van der Waals surface area contributed by atoms with Crippen molar-refractivity contribution < 1.29 is 35.0 Å². The molecule has 1 aliphatic carbocycles. The molecule has 2 aromatic carbocycles. The quantitative estimate of drug-likeness (QED) is 0.441. The van der Waals surface area contributed by atoms with Crippen molar-refractivity contribution in [3.63, 3.8) is 0 Å². The third-order valence-electron chi connectivity index (χ3n) is 6.28. The molecule has 1 heterocycles. The first-order chi connectivity index (χ1) is 15.4. The van der Waals surface area contributed by atoms with E-state index < -0.39 is 36.8 Å². The Hall–Kier alpha value is -2.51. The lowest BCUT2D eigenvalue weighted by Gasteiger charge is -2.45. The Morgan fingerprint density at radius 1 is 1.06 bits per heavy atom. The Morgan fingerprint density at radius 2 is 1.78 bits per heavy atom.